The molecular formula is C14H22BrNO. The molecule has 0 saturated carbocycles. The second-order valence-corrected chi connectivity index (χ2v) is 5.01. The van der Waals surface area contributed by atoms with Gasteiger partial charge < -0.3 is 9.64 Å². The molecule has 0 aliphatic heterocycles. The van der Waals surface area contributed by atoms with Gasteiger partial charge in [-0.25, -0.2) is 0 Å². The van der Waals surface area contributed by atoms with Crippen LogP contribution in [0, 0.1) is 0 Å². The van der Waals surface area contributed by atoms with Crippen molar-refractivity contribution in [1.29, 1.82) is 0 Å². The van der Waals surface area contributed by atoms with Crippen LogP contribution in [0.25, 0.3) is 0 Å². The summed E-state index contributed by atoms with van der Waals surface area (Å²) in [6.45, 7) is 8.47. The van der Waals surface area contributed by atoms with Crippen molar-refractivity contribution in [1.82, 2.24) is 4.90 Å². The van der Waals surface area contributed by atoms with E-state index in [2.05, 4.69) is 34.7 Å². The van der Waals surface area contributed by atoms with Crippen LogP contribution >= 0.6 is 15.9 Å². The van der Waals surface area contributed by atoms with Crippen LogP contribution in [-0.4, -0.2) is 31.1 Å². The van der Waals surface area contributed by atoms with E-state index in [0.717, 1.165) is 29.9 Å². The molecule has 1 aromatic rings. The molecule has 0 fully saturated rings. The first-order valence-corrected chi connectivity index (χ1v) is 7.16. The fourth-order valence-electron chi connectivity index (χ4n) is 1.66. The molecule has 0 saturated heterocycles. The van der Waals surface area contributed by atoms with Gasteiger partial charge in [-0.05, 0) is 37.7 Å². The molecular weight excluding hydrogens is 278 g/mol. The molecule has 1 rings (SSSR count). The van der Waals surface area contributed by atoms with Gasteiger partial charge in [-0.15, -0.1) is 0 Å². The fraction of sp³-hybridized carbons (Fsp3) is 0.571. The average molecular weight is 300 g/mol. The third kappa shape index (κ3) is 6.08. The summed E-state index contributed by atoms with van der Waals surface area (Å²) in [5, 5.41) is 0. The van der Waals surface area contributed by atoms with E-state index in [-0.39, 0.29) is 0 Å². The largest absolute Gasteiger partial charge is 0.492 e. The summed E-state index contributed by atoms with van der Waals surface area (Å²) >= 11 is 3.44. The summed E-state index contributed by atoms with van der Waals surface area (Å²) in [6, 6.07) is 8.00. The average Bonchev–Trinajstić information content (AvgIpc) is 2.33. The van der Waals surface area contributed by atoms with Crippen LogP contribution in [-0.2, 0) is 0 Å². The van der Waals surface area contributed by atoms with Gasteiger partial charge in [-0.2, -0.15) is 0 Å². The summed E-state index contributed by atoms with van der Waals surface area (Å²) in [5.74, 6) is 0.936. The molecule has 0 aromatic heterocycles. The van der Waals surface area contributed by atoms with Crippen molar-refractivity contribution in [2.75, 3.05) is 26.2 Å². The molecule has 0 heterocycles. The Balaban J connectivity index is 2.26. The van der Waals surface area contributed by atoms with Crippen molar-refractivity contribution in [3.63, 3.8) is 0 Å². The third-order valence-corrected chi connectivity index (χ3v) is 3.24. The van der Waals surface area contributed by atoms with E-state index in [1.807, 2.05) is 24.3 Å². The molecule has 2 nitrogen and oxygen atoms in total. The quantitative estimate of drug-likeness (QED) is 0.721. The standard InChI is InChI=1S/C14H22BrNO/c1-3-5-9-16(4-2)10-11-17-14-8-6-7-13(15)12-14/h6-8,12H,3-5,9-11H2,1-2H3. The fourth-order valence-corrected chi connectivity index (χ4v) is 2.04. The van der Waals surface area contributed by atoms with Crippen molar-refractivity contribution in [3.8, 4) is 5.75 Å². The Morgan fingerprint density at radius 2 is 2.06 bits per heavy atom. The topological polar surface area (TPSA) is 12.5 Å². The van der Waals surface area contributed by atoms with Crippen LogP contribution in [0.2, 0.25) is 0 Å². The summed E-state index contributed by atoms with van der Waals surface area (Å²) in [6.07, 6.45) is 2.52. The lowest BCUT2D eigenvalue weighted by molar-refractivity contribution is 0.213. The lowest BCUT2D eigenvalue weighted by Crippen LogP contribution is -2.29. The van der Waals surface area contributed by atoms with Crippen LogP contribution < -0.4 is 4.74 Å². The van der Waals surface area contributed by atoms with E-state index in [1.54, 1.807) is 0 Å². The molecule has 0 radical (unpaired) electrons. The minimum absolute atomic E-state index is 0.758. The number of halogens is 1. The number of likely N-dealkylation sites (N-methyl/N-ethyl adjacent to an activating group) is 1. The summed E-state index contributed by atoms with van der Waals surface area (Å²) in [7, 11) is 0. The van der Waals surface area contributed by atoms with Crippen LogP contribution in [0.4, 0.5) is 0 Å². The first-order valence-electron chi connectivity index (χ1n) is 6.37. The Bertz CT molecular complexity index is 317. The highest BCUT2D eigenvalue weighted by molar-refractivity contribution is 9.10. The van der Waals surface area contributed by atoms with E-state index in [1.165, 1.54) is 19.4 Å². The number of hydrogen-bond donors (Lipinski definition) is 0. The van der Waals surface area contributed by atoms with Gasteiger partial charge in [0.1, 0.15) is 12.4 Å². The predicted molar refractivity (Wildman–Crippen MR) is 76.7 cm³/mol. The molecule has 0 spiro atoms. The number of hydrogen-bond acceptors (Lipinski definition) is 2. The lowest BCUT2D eigenvalue weighted by Gasteiger charge is -2.20. The molecule has 0 unspecified atom stereocenters. The Hall–Kier alpha value is -0.540. The zero-order valence-electron chi connectivity index (χ0n) is 10.8. The molecule has 0 bridgehead atoms. The maximum absolute atomic E-state index is 5.73. The van der Waals surface area contributed by atoms with E-state index in [9.17, 15) is 0 Å². The van der Waals surface area contributed by atoms with Crippen molar-refractivity contribution in [2.24, 2.45) is 0 Å². The van der Waals surface area contributed by atoms with Crippen LogP contribution in [0.1, 0.15) is 26.7 Å². The number of ether oxygens (including phenoxy) is 1. The minimum atomic E-state index is 0.758. The van der Waals surface area contributed by atoms with Crippen LogP contribution in [0.5, 0.6) is 5.75 Å². The van der Waals surface area contributed by atoms with E-state index in [4.69, 9.17) is 4.74 Å². The molecule has 0 aliphatic carbocycles. The smallest absolute Gasteiger partial charge is 0.120 e. The highest BCUT2D eigenvalue weighted by atomic mass is 79.9. The van der Waals surface area contributed by atoms with Crippen molar-refractivity contribution >= 4 is 15.9 Å². The molecule has 3 heteroatoms. The van der Waals surface area contributed by atoms with Gasteiger partial charge in [0, 0.05) is 11.0 Å². The number of rotatable bonds is 8. The first-order chi connectivity index (χ1) is 8.26. The molecule has 0 N–H and O–H groups in total. The minimum Gasteiger partial charge on any atom is -0.492 e. The number of nitrogens with zero attached hydrogens (tertiary/aromatic N) is 1. The van der Waals surface area contributed by atoms with Gasteiger partial charge in [-0.1, -0.05) is 42.3 Å². The number of benzene rings is 1. The van der Waals surface area contributed by atoms with Gasteiger partial charge in [0.2, 0.25) is 0 Å². The summed E-state index contributed by atoms with van der Waals surface area (Å²) < 4.78 is 6.79. The highest BCUT2D eigenvalue weighted by Crippen LogP contribution is 2.17. The molecule has 0 atom stereocenters. The van der Waals surface area contributed by atoms with Gasteiger partial charge in [0.25, 0.3) is 0 Å². The lowest BCUT2D eigenvalue weighted by atomic mass is 10.3. The molecule has 96 valence electrons. The van der Waals surface area contributed by atoms with Crippen LogP contribution in [0.3, 0.4) is 0 Å². The predicted octanol–water partition coefficient (Wildman–Crippen LogP) is 3.95. The summed E-state index contributed by atoms with van der Waals surface area (Å²) in [5.41, 5.74) is 0. The third-order valence-electron chi connectivity index (χ3n) is 2.75. The maximum Gasteiger partial charge on any atom is 0.120 e. The molecule has 17 heavy (non-hydrogen) atoms. The van der Waals surface area contributed by atoms with Crippen LogP contribution in [0.15, 0.2) is 28.7 Å². The van der Waals surface area contributed by atoms with E-state index in [0.29, 0.717) is 0 Å². The molecule has 1 aromatic carbocycles. The number of unbranched alkanes of at least 4 members (excludes halogenated alkanes) is 1. The second kappa shape index (κ2) is 8.54. The Morgan fingerprint density at radius 1 is 1.24 bits per heavy atom. The van der Waals surface area contributed by atoms with E-state index >= 15 is 0 Å². The summed E-state index contributed by atoms with van der Waals surface area (Å²) in [4.78, 5) is 2.43. The van der Waals surface area contributed by atoms with Gasteiger partial charge in [-0.3, -0.25) is 0 Å². The Kier molecular flexibility index (Phi) is 7.29. The highest BCUT2D eigenvalue weighted by Gasteiger charge is 2.01. The maximum atomic E-state index is 5.73. The zero-order chi connectivity index (χ0) is 12.5. The van der Waals surface area contributed by atoms with E-state index < -0.39 is 0 Å². The van der Waals surface area contributed by atoms with Crippen molar-refractivity contribution in [2.45, 2.75) is 26.7 Å². The van der Waals surface area contributed by atoms with Gasteiger partial charge >= 0.3 is 0 Å². The Labute approximate surface area is 113 Å². The zero-order valence-corrected chi connectivity index (χ0v) is 12.4. The molecule has 0 amide bonds. The SMILES string of the molecule is CCCCN(CC)CCOc1cccc(Br)c1. The second-order valence-electron chi connectivity index (χ2n) is 4.09. The monoisotopic (exact) mass is 299 g/mol. The normalized spacial score (nSPS) is 10.8. The first kappa shape index (κ1) is 14.5. The van der Waals surface area contributed by atoms with Gasteiger partial charge in [0.05, 0.1) is 0 Å². The Morgan fingerprint density at radius 3 is 2.71 bits per heavy atom. The molecule has 0 aliphatic rings. The van der Waals surface area contributed by atoms with Crippen molar-refractivity contribution < 1.29 is 4.74 Å². The van der Waals surface area contributed by atoms with Gasteiger partial charge in [0.15, 0.2) is 0 Å². The van der Waals surface area contributed by atoms with Crippen molar-refractivity contribution in [3.05, 3.63) is 28.7 Å².